The number of benzene rings is 1. The zero-order valence-electron chi connectivity index (χ0n) is 12.4. The smallest absolute Gasteiger partial charge is 0.150 e. The van der Waals surface area contributed by atoms with Crippen LogP contribution in [-0.2, 0) is 19.4 Å². The molecular formula is C16H19FN4. The molecule has 0 aliphatic heterocycles. The van der Waals surface area contributed by atoms with Crippen LogP contribution in [0.3, 0.4) is 0 Å². The highest BCUT2D eigenvalue weighted by molar-refractivity contribution is 5.42. The van der Waals surface area contributed by atoms with Crippen molar-refractivity contribution < 1.29 is 4.39 Å². The highest BCUT2D eigenvalue weighted by atomic mass is 19.1. The zero-order valence-corrected chi connectivity index (χ0v) is 12.4. The summed E-state index contributed by atoms with van der Waals surface area (Å²) in [7, 11) is 0. The van der Waals surface area contributed by atoms with Crippen molar-refractivity contribution in [3.63, 3.8) is 0 Å². The summed E-state index contributed by atoms with van der Waals surface area (Å²) in [5, 5.41) is 4.48. The first-order chi connectivity index (χ1) is 10.2. The molecule has 21 heavy (non-hydrogen) atoms. The summed E-state index contributed by atoms with van der Waals surface area (Å²) in [6.45, 7) is 4.85. The average molecular weight is 286 g/mol. The zero-order chi connectivity index (χ0) is 15.2. The fourth-order valence-electron chi connectivity index (χ4n) is 2.07. The number of rotatable bonds is 4. The number of aryl methyl sites for hydroxylation is 2. The summed E-state index contributed by atoms with van der Waals surface area (Å²) in [6, 6.07) is 4.61. The van der Waals surface area contributed by atoms with Crippen LogP contribution in [0.5, 0.6) is 0 Å². The minimum absolute atomic E-state index is 0.249. The van der Waals surface area contributed by atoms with Gasteiger partial charge in [0, 0.05) is 18.4 Å². The molecule has 2 aromatic rings. The van der Waals surface area contributed by atoms with Crippen LogP contribution in [0.4, 0.5) is 4.39 Å². The largest absolute Gasteiger partial charge is 0.320 e. The summed E-state index contributed by atoms with van der Waals surface area (Å²) >= 11 is 0. The van der Waals surface area contributed by atoms with Gasteiger partial charge in [-0.25, -0.2) is 14.1 Å². The van der Waals surface area contributed by atoms with Gasteiger partial charge in [0.05, 0.1) is 13.1 Å². The average Bonchev–Trinajstić information content (AvgIpc) is 2.89. The van der Waals surface area contributed by atoms with E-state index >= 15 is 0 Å². The Morgan fingerprint density at radius 1 is 1.29 bits per heavy atom. The van der Waals surface area contributed by atoms with E-state index in [-0.39, 0.29) is 12.4 Å². The van der Waals surface area contributed by atoms with Gasteiger partial charge >= 0.3 is 0 Å². The third kappa shape index (κ3) is 3.67. The minimum atomic E-state index is -0.302. The number of nitrogens with zero attached hydrogens (tertiary/aromatic N) is 3. The second kappa shape index (κ2) is 7.00. The minimum Gasteiger partial charge on any atom is -0.320 e. The molecule has 2 rings (SSSR count). The molecule has 0 atom stereocenters. The molecule has 110 valence electrons. The van der Waals surface area contributed by atoms with Crippen LogP contribution in [0.25, 0.3) is 0 Å². The highest BCUT2D eigenvalue weighted by Gasteiger charge is 2.10. The quantitative estimate of drug-likeness (QED) is 0.873. The normalized spacial score (nSPS) is 10.3. The van der Waals surface area contributed by atoms with Crippen LogP contribution in [0.15, 0.2) is 18.2 Å². The molecule has 5 heteroatoms. The Balaban J connectivity index is 2.37. The fourth-order valence-corrected chi connectivity index (χ4v) is 2.07. The van der Waals surface area contributed by atoms with E-state index in [1.807, 2.05) is 18.5 Å². The van der Waals surface area contributed by atoms with Crippen molar-refractivity contribution in [3.05, 3.63) is 46.8 Å². The molecule has 0 fully saturated rings. The van der Waals surface area contributed by atoms with Crippen LogP contribution in [-0.4, -0.2) is 21.3 Å². The van der Waals surface area contributed by atoms with Crippen molar-refractivity contribution in [2.45, 2.75) is 33.2 Å². The Morgan fingerprint density at radius 2 is 2.10 bits per heavy atom. The van der Waals surface area contributed by atoms with Crippen LogP contribution >= 0.6 is 0 Å². The van der Waals surface area contributed by atoms with Crippen molar-refractivity contribution in [2.24, 2.45) is 5.73 Å². The number of hydrogen-bond acceptors (Lipinski definition) is 3. The molecule has 2 N–H and O–H groups in total. The molecule has 0 saturated heterocycles. The topological polar surface area (TPSA) is 56.7 Å². The Labute approximate surface area is 124 Å². The molecule has 1 aromatic heterocycles. The second-order valence-corrected chi connectivity index (χ2v) is 4.62. The number of nitrogens with two attached hydrogens (primary N) is 1. The molecule has 4 nitrogen and oxygen atoms in total. The molecule has 0 spiro atoms. The van der Waals surface area contributed by atoms with Crippen molar-refractivity contribution >= 4 is 0 Å². The highest BCUT2D eigenvalue weighted by Crippen LogP contribution is 2.13. The summed E-state index contributed by atoms with van der Waals surface area (Å²) in [6.07, 6.45) is 1.60. The van der Waals surface area contributed by atoms with Crippen molar-refractivity contribution in [1.29, 1.82) is 0 Å². The first-order valence-electron chi connectivity index (χ1n) is 7.07. The Hall–Kier alpha value is -2.19. The molecule has 0 bridgehead atoms. The van der Waals surface area contributed by atoms with E-state index in [0.29, 0.717) is 12.1 Å². The summed E-state index contributed by atoms with van der Waals surface area (Å²) in [4.78, 5) is 4.47. The van der Waals surface area contributed by atoms with E-state index in [1.54, 1.807) is 6.07 Å². The third-order valence-electron chi connectivity index (χ3n) is 3.14. The maximum atomic E-state index is 13.4. The van der Waals surface area contributed by atoms with E-state index < -0.39 is 0 Å². The van der Waals surface area contributed by atoms with E-state index in [1.165, 1.54) is 12.1 Å². The van der Waals surface area contributed by atoms with E-state index in [9.17, 15) is 4.39 Å². The number of hydrogen-bond donors (Lipinski definition) is 1. The van der Waals surface area contributed by atoms with Gasteiger partial charge in [0.1, 0.15) is 11.6 Å². The standard InChI is InChI=1S/C16H19FN4/c1-3-15-19-16(4-2)21(20-15)11-13-7-8-14(17)10-12(13)6-5-9-18/h7-8,10H,3-4,9,11,18H2,1-2H3. The van der Waals surface area contributed by atoms with Gasteiger partial charge in [-0.1, -0.05) is 31.8 Å². The molecule has 1 aromatic carbocycles. The van der Waals surface area contributed by atoms with Gasteiger partial charge in [-0.05, 0) is 17.7 Å². The predicted molar refractivity (Wildman–Crippen MR) is 80.2 cm³/mol. The second-order valence-electron chi connectivity index (χ2n) is 4.62. The lowest BCUT2D eigenvalue weighted by Gasteiger charge is -2.07. The Kier molecular flexibility index (Phi) is 5.07. The maximum Gasteiger partial charge on any atom is 0.150 e. The van der Waals surface area contributed by atoms with Gasteiger partial charge < -0.3 is 5.73 Å². The SMILES string of the molecule is CCc1nc(CC)n(Cc2ccc(F)cc2C#CCN)n1. The molecule has 0 aliphatic carbocycles. The summed E-state index contributed by atoms with van der Waals surface area (Å²) in [5.41, 5.74) is 6.95. The molecule has 0 radical (unpaired) electrons. The number of halogens is 1. The number of aromatic nitrogens is 3. The predicted octanol–water partition coefficient (Wildman–Crippen LogP) is 1.90. The van der Waals surface area contributed by atoms with E-state index in [0.717, 1.165) is 30.1 Å². The molecular weight excluding hydrogens is 267 g/mol. The summed E-state index contributed by atoms with van der Waals surface area (Å²) < 4.78 is 15.2. The van der Waals surface area contributed by atoms with Gasteiger partial charge in [-0.3, -0.25) is 0 Å². The summed E-state index contributed by atoms with van der Waals surface area (Å²) in [5.74, 6) is 7.13. The monoisotopic (exact) mass is 286 g/mol. The van der Waals surface area contributed by atoms with Gasteiger partial charge in [-0.2, -0.15) is 5.10 Å². The lowest BCUT2D eigenvalue weighted by molar-refractivity contribution is 0.617. The van der Waals surface area contributed by atoms with E-state index in [4.69, 9.17) is 5.73 Å². The van der Waals surface area contributed by atoms with Crippen LogP contribution < -0.4 is 5.73 Å². The molecule has 1 heterocycles. The maximum absolute atomic E-state index is 13.4. The Bertz CT molecular complexity index is 679. The van der Waals surface area contributed by atoms with Crippen LogP contribution in [0, 0.1) is 17.7 Å². The fraction of sp³-hybridized carbons (Fsp3) is 0.375. The first-order valence-corrected chi connectivity index (χ1v) is 7.07. The van der Waals surface area contributed by atoms with Crippen LogP contribution in [0.2, 0.25) is 0 Å². The first kappa shape index (κ1) is 15.2. The van der Waals surface area contributed by atoms with Crippen LogP contribution in [0.1, 0.15) is 36.6 Å². The molecule has 0 saturated carbocycles. The lowest BCUT2D eigenvalue weighted by atomic mass is 10.1. The van der Waals surface area contributed by atoms with Gasteiger partial charge in [0.15, 0.2) is 5.82 Å². The van der Waals surface area contributed by atoms with Crippen molar-refractivity contribution in [1.82, 2.24) is 14.8 Å². The molecule has 0 unspecified atom stereocenters. The van der Waals surface area contributed by atoms with Gasteiger partial charge in [0.2, 0.25) is 0 Å². The molecule has 0 aliphatic rings. The van der Waals surface area contributed by atoms with Gasteiger partial charge in [0.25, 0.3) is 0 Å². The lowest BCUT2D eigenvalue weighted by Crippen LogP contribution is -2.08. The molecule has 0 amide bonds. The van der Waals surface area contributed by atoms with Crippen molar-refractivity contribution in [2.75, 3.05) is 6.54 Å². The van der Waals surface area contributed by atoms with Crippen molar-refractivity contribution in [3.8, 4) is 11.8 Å². The Morgan fingerprint density at radius 3 is 2.76 bits per heavy atom. The third-order valence-corrected chi connectivity index (χ3v) is 3.14. The van der Waals surface area contributed by atoms with Gasteiger partial charge in [-0.15, -0.1) is 0 Å². The van der Waals surface area contributed by atoms with E-state index in [2.05, 4.69) is 21.9 Å².